The van der Waals surface area contributed by atoms with Gasteiger partial charge in [0.2, 0.25) is 0 Å². The first-order valence-corrected chi connectivity index (χ1v) is 7.55. The number of anilines is 2. The SMILES string of the molecule is CCNc1nc(CC)nc(NC2(C)CCCOC2)c1C. The lowest BCUT2D eigenvalue weighted by Crippen LogP contribution is -2.43. The summed E-state index contributed by atoms with van der Waals surface area (Å²) in [5, 5.41) is 6.90. The van der Waals surface area contributed by atoms with Gasteiger partial charge in [-0.2, -0.15) is 0 Å². The van der Waals surface area contributed by atoms with Crippen molar-refractivity contribution in [3.63, 3.8) is 0 Å². The largest absolute Gasteiger partial charge is 0.379 e. The molecule has 1 unspecified atom stereocenters. The summed E-state index contributed by atoms with van der Waals surface area (Å²) in [6, 6.07) is 0. The first kappa shape index (κ1) is 15.0. The molecule has 2 N–H and O–H groups in total. The van der Waals surface area contributed by atoms with Crippen molar-refractivity contribution in [3.8, 4) is 0 Å². The van der Waals surface area contributed by atoms with Gasteiger partial charge in [0.1, 0.15) is 17.5 Å². The van der Waals surface area contributed by atoms with Crippen LogP contribution in [0.4, 0.5) is 11.6 Å². The van der Waals surface area contributed by atoms with E-state index < -0.39 is 0 Å². The number of aryl methyl sites for hydroxylation is 1. The molecule has 0 amide bonds. The lowest BCUT2D eigenvalue weighted by Gasteiger charge is -2.35. The lowest BCUT2D eigenvalue weighted by molar-refractivity contribution is 0.0538. The zero-order valence-electron chi connectivity index (χ0n) is 13.0. The number of rotatable bonds is 5. The van der Waals surface area contributed by atoms with Gasteiger partial charge in [-0.1, -0.05) is 6.92 Å². The summed E-state index contributed by atoms with van der Waals surface area (Å²) >= 11 is 0. The van der Waals surface area contributed by atoms with E-state index in [1.807, 2.05) is 0 Å². The maximum atomic E-state index is 5.61. The van der Waals surface area contributed by atoms with Crippen molar-refractivity contribution in [3.05, 3.63) is 11.4 Å². The van der Waals surface area contributed by atoms with Crippen molar-refractivity contribution in [2.75, 3.05) is 30.4 Å². The Morgan fingerprint density at radius 3 is 2.60 bits per heavy atom. The summed E-state index contributed by atoms with van der Waals surface area (Å²) in [7, 11) is 0. The first-order chi connectivity index (χ1) is 9.58. The molecule has 1 aromatic rings. The van der Waals surface area contributed by atoms with Crippen LogP contribution in [0.2, 0.25) is 0 Å². The molecule has 0 aromatic carbocycles. The number of hydrogen-bond acceptors (Lipinski definition) is 5. The van der Waals surface area contributed by atoms with Crippen LogP contribution in [0, 0.1) is 6.92 Å². The van der Waals surface area contributed by atoms with E-state index in [9.17, 15) is 0 Å². The van der Waals surface area contributed by atoms with Crippen LogP contribution in [0.1, 0.15) is 45.0 Å². The average molecular weight is 278 g/mol. The Kier molecular flexibility index (Phi) is 4.81. The second kappa shape index (κ2) is 6.39. The fourth-order valence-electron chi connectivity index (χ4n) is 2.50. The second-order valence-electron chi connectivity index (χ2n) is 5.69. The van der Waals surface area contributed by atoms with Crippen LogP contribution in [-0.4, -0.2) is 35.3 Å². The van der Waals surface area contributed by atoms with Gasteiger partial charge in [-0.05, 0) is 33.6 Å². The highest BCUT2D eigenvalue weighted by Crippen LogP contribution is 2.27. The van der Waals surface area contributed by atoms with Crippen molar-refractivity contribution in [1.29, 1.82) is 0 Å². The highest BCUT2D eigenvalue weighted by Gasteiger charge is 2.28. The Morgan fingerprint density at radius 1 is 1.25 bits per heavy atom. The lowest BCUT2D eigenvalue weighted by atomic mass is 9.94. The van der Waals surface area contributed by atoms with Crippen molar-refractivity contribution in [2.24, 2.45) is 0 Å². The fourth-order valence-corrected chi connectivity index (χ4v) is 2.50. The van der Waals surface area contributed by atoms with Crippen LogP contribution in [0.25, 0.3) is 0 Å². The number of nitrogens with zero attached hydrogens (tertiary/aromatic N) is 2. The first-order valence-electron chi connectivity index (χ1n) is 7.55. The van der Waals surface area contributed by atoms with Gasteiger partial charge in [0.15, 0.2) is 0 Å². The minimum Gasteiger partial charge on any atom is -0.379 e. The third-order valence-electron chi connectivity index (χ3n) is 3.71. The van der Waals surface area contributed by atoms with Crippen LogP contribution in [0.5, 0.6) is 0 Å². The molecular weight excluding hydrogens is 252 g/mol. The van der Waals surface area contributed by atoms with Crippen LogP contribution in [0.15, 0.2) is 0 Å². The van der Waals surface area contributed by atoms with E-state index in [4.69, 9.17) is 4.74 Å². The monoisotopic (exact) mass is 278 g/mol. The maximum Gasteiger partial charge on any atom is 0.135 e. The summed E-state index contributed by atoms with van der Waals surface area (Å²) in [4.78, 5) is 9.22. The summed E-state index contributed by atoms with van der Waals surface area (Å²) in [5.41, 5.74) is 1.04. The molecule has 1 aliphatic heterocycles. The maximum absolute atomic E-state index is 5.61. The van der Waals surface area contributed by atoms with E-state index in [1.54, 1.807) is 0 Å². The normalized spacial score (nSPS) is 22.6. The Balaban J connectivity index is 2.27. The molecule has 5 nitrogen and oxygen atoms in total. The van der Waals surface area contributed by atoms with Crippen LogP contribution in [-0.2, 0) is 11.2 Å². The minimum atomic E-state index is -0.0359. The van der Waals surface area contributed by atoms with E-state index in [2.05, 4.69) is 48.3 Å². The summed E-state index contributed by atoms with van der Waals surface area (Å²) < 4.78 is 5.61. The van der Waals surface area contributed by atoms with E-state index in [-0.39, 0.29) is 5.54 Å². The van der Waals surface area contributed by atoms with E-state index in [0.717, 1.165) is 62.0 Å². The van der Waals surface area contributed by atoms with Crippen molar-refractivity contribution < 1.29 is 4.74 Å². The Bertz CT molecular complexity index is 455. The molecule has 0 bridgehead atoms. The van der Waals surface area contributed by atoms with Gasteiger partial charge in [-0.3, -0.25) is 0 Å². The molecule has 2 rings (SSSR count). The smallest absolute Gasteiger partial charge is 0.135 e. The van der Waals surface area contributed by atoms with Gasteiger partial charge < -0.3 is 15.4 Å². The van der Waals surface area contributed by atoms with Gasteiger partial charge in [0.05, 0.1) is 12.1 Å². The fraction of sp³-hybridized carbons (Fsp3) is 0.733. The molecule has 112 valence electrons. The quantitative estimate of drug-likeness (QED) is 0.867. The number of hydrogen-bond donors (Lipinski definition) is 2. The molecule has 0 saturated carbocycles. The molecule has 1 saturated heterocycles. The van der Waals surface area contributed by atoms with Gasteiger partial charge in [-0.25, -0.2) is 9.97 Å². The van der Waals surface area contributed by atoms with Crippen molar-refractivity contribution in [1.82, 2.24) is 9.97 Å². The molecule has 20 heavy (non-hydrogen) atoms. The van der Waals surface area contributed by atoms with Gasteiger partial charge >= 0.3 is 0 Å². The average Bonchev–Trinajstić information content (AvgIpc) is 2.44. The van der Waals surface area contributed by atoms with Gasteiger partial charge in [0.25, 0.3) is 0 Å². The van der Waals surface area contributed by atoms with E-state index >= 15 is 0 Å². The standard InChI is InChI=1S/C15H26N4O/c1-5-12-17-13(16-6-2)11(3)14(18-12)19-15(4)8-7-9-20-10-15/h5-10H2,1-4H3,(H2,16,17,18,19). The summed E-state index contributed by atoms with van der Waals surface area (Å²) in [6.45, 7) is 10.9. The molecule has 1 aliphatic rings. The van der Waals surface area contributed by atoms with Crippen molar-refractivity contribution in [2.45, 2.75) is 52.5 Å². The third kappa shape index (κ3) is 3.39. The molecule has 2 heterocycles. The zero-order chi connectivity index (χ0) is 14.6. The van der Waals surface area contributed by atoms with Gasteiger partial charge in [-0.15, -0.1) is 0 Å². The minimum absolute atomic E-state index is 0.0359. The van der Waals surface area contributed by atoms with E-state index in [1.165, 1.54) is 0 Å². The molecule has 1 atom stereocenters. The molecule has 5 heteroatoms. The zero-order valence-corrected chi connectivity index (χ0v) is 13.0. The Morgan fingerprint density at radius 2 is 2.00 bits per heavy atom. The third-order valence-corrected chi connectivity index (χ3v) is 3.71. The Labute approximate surface area is 121 Å². The van der Waals surface area contributed by atoms with Crippen LogP contribution < -0.4 is 10.6 Å². The molecule has 0 radical (unpaired) electrons. The molecule has 0 spiro atoms. The summed E-state index contributed by atoms with van der Waals surface area (Å²) in [6.07, 6.45) is 3.03. The van der Waals surface area contributed by atoms with Crippen LogP contribution in [0.3, 0.4) is 0 Å². The highest BCUT2D eigenvalue weighted by atomic mass is 16.5. The molecular formula is C15H26N4O. The van der Waals surface area contributed by atoms with Gasteiger partial charge in [0, 0.05) is 25.1 Å². The van der Waals surface area contributed by atoms with Crippen LogP contribution >= 0.6 is 0 Å². The second-order valence-corrected chi connectivity index (χ2v) is 5.69. The summed E-state index contributed by atoms with van der Waals surface area (Å²) in [5.74, 6) is 2.73. The van der Waals surface area contributed by atoms with Crippen molar-refractivity contribution >= 4 is 11.6 Å². The highest BCUT2D eigenvalue weighted by molar-refractivity contribution is 5.58. The predicted octanol–water partition coefficient (Wildman–Crippen LogP) is 2.76. The van der Waals surface area contributed by atoms with E-state index in [0.29, 0.717) is 0 Å². The number of aromatic nitrogens is 2. The number of nitrogens with one attached hydrogen (secondary N) is 2. The number of ether oxygens (including phenoxy) is 1. The molecule has 1 aromatic heterocycles. The molecule has 0 aliphatic carbocycles. The Hall–Kier alpha value is -1.36. The molecule has 1 fully saturated rings. The topological polar surface area (TPSA) is 59.1 Å². The predicted molar refractivity (Wildman–Crippen MR) is 82.4 cm³/mol.